The molecule has 0 radical (unpaired) electrons. The SMILES string of the molecule is c1ccc(-n2c3ccccc3c3ccc4c(nc5[nH]c6ccccc6n54)c32)cc1. The fourth-order valence-corrected chi connectivity index (χ4v) is 4.66. The zero-order chi connectivity index (χ0) is 18.9. The van der Waals surface area contributed by atoms with Crippen molar-refractivity contribution in [1.82, 2.24) is 18.9 Å². The van der Waals surface area contributed by atoms with E-state index in [1.54, 1.807) is 0 Å². The molecule has 0 atom stereocenters. The van der Waals surface area contributed by atoms with Crippen molar-refractivity contribution in [3.05, 3.63) is 91.0 Å². The number of H-pyrrole nitrogens is 1. The zero-order valence-electron chi connectivity index (χ0n) is 15.5. The molecule has 0 unspecified atom stereocenters. The number of hydrogen-bond donors (Lipinski definition) is 1. The van der Waals surface area contributed by atoms with Crippen LogP contribution in [0.1, 0.15) is 0 Å². The minimum absolute atomic E-state index is 0.874. The van der Waals surface area contributed by atoms with Gasteiger partial charge in [0, 0.05) is 16.5 Å². The Bertz CT molecular complexity index is 1700. The molecule has 3 aromatic heterocycles. The van der Waals surface area contributed by atoms with Crippen LogP contribution in [0.2, 0.25) is 0 Å². The van der Waals surface area contributed by atoms with Gasteiger partial charge in [-0.05, 0) is 42.5 Å². The highest BCUT2D eigenvalue weighted by Crippen LogP contribution is 2.37. The summed E-state index contributed by atoms with van der Waals surface area (Å²) < 4.78 is 4.55. The summed E-state index contributed by atoms with van der Waals surface area (Å²) in [5.41, 5.74) is 7.86. The summed E-state index contributed by atoms with van der Waals surface area (Å²) in [6, 6.07) is 31.9. The Morgan fingerprint density at radius 3 is 2.28 bits per heavy atom. The van der Waals surface area contributed by atoms with Crippen LogP contribution in [0.25, 0.3) is 55.3 Å². The van der Waals surface area contributed by atoms with E-state index in [9.17, 15) is 0 Å². The summed E-state index contributed by atoms with van der Waals surface area (Å²) >= 11 is 0. The molecular formula is C25H16N4. The van der Waals surface area contributed by atoms with Gasteiger partial charge >= 0.3 is 0 Å². The van der Waals surface area contributed by atoms with Gasteiger partial charge in [0.25, 0.3) is 0 Å². The Kier molecular flexibility index (Phi) is 2.71. The summed E-state index contributed by atoms with van der Waals surface area (Å²) in [5.74, 6) is 0.874. The molecule has 4 nitrogen and oxygen atoms in total. The van der Waals surface area contributed by atoms with Crippen molar-refractivity contribution in [2.45, 2.75) is 0 Å². The highest BCUT2D eigenvalue weighted by Gasteiger charge is 2.19. The van der Waals surface area contributed by atoms with Crippen LogP contribution in [0.5, 0.6) is 0 Å². The molecule has 0 spiro atoms. The van der Waals surface area contributed by atoms with Gasteiger partial charge in [-0.1, -0.05) is 48.5 Å². The maximum absolute atomic E-state index is 5.05. The molecule has 29 heavy (non-hydrogen) atoms. The molecule has 7 rings (SSSR count). The molecule has 4 heteroatoms. The number of rotatable bonds is 1. The summed E-state index contributed by atoms with van der Waals surface area (Å²) in [7, 11) is 0. The fraction of sp³-hybridized carbons (Fsp3) is 0. The van der Waals surface area contributed by atoms with E-state index in [2.05, 4.69) is 98.9 Å². The van der Waals surface area contributed by atoms with E-state index in [1.807, 2.05) is 6.07 Å². The lowest BCUT2D eigenvalue weighted by Crippen LogP contribution is -1.94. The third-order valence-electron chi connectivity index (χ3n) is 5.86. The van der Waals surface area contributed by atoms with Crippen LogP contribution in [0.3, 0.4) is 0 Å². The average molecular weight is 372 g/mol. The van der Waals surface area contributed by atoms with Crippen LogP contribution in [0, 0.1) is 0 Å². The van der Waals surface area contributed by atoms with Crippen molar-refractivity contribution in [1.29, 1.82) is 0 Å². The van der Waals surface area contributed by atoms with Crippen molar-refractivity contribution in [2.24, 2.45) is 0 Å². The lowest BCUT2D eigenvalue weighted by Gasteiger charge is -2.07. The van der Waals surface area contributed by atoms with Gasteiger partial charge in [0.15, 0.2) is 0 Å². The van der Waals surface area contributed by atoms with Crippen LogP contribution in [0.15, 0.2) is 91.0 Å². The quantitative estimate of drug-likeness (QED) is 0.373. The van der Waals surface area contributed by atoms with Crippen molar-refractivity contribution >= 4 is 49.7 Å². The zero-order valence-corrected chi connectivity index (χ0v) is 15.5. The minimum Gasteiger partial charge on any atom is -0.323 e. The number of imidazole rings is 2. The Morgan fingerprint density at radius 2 is 1.38 bits per heavy atom. The van der Waals surface area contributed by atoms with Crippen molar-refractivity contribution in [3.8, 4) is 5.69 Å². The van der Waals surface area contributed by atoms with Crippen molar-refractivity contribution < 1.29 is 0 Å². The number of nitrogens with one attached hydrogen (secondary N) is 1. The van der Waals surface area contributed by atoms with Crippen LogP contribution in [0.4, 0.5) is 0 Å². The van der Waals surface area contributed by atoms with Gasteiger partial charge < -0.3 is 9.55 Å². The summed E-state index contributed by atoms with van der Waals surface area (Å²) in [6.45, 7) is 0. The maximum Gasteiger partial charge on any atom is 0.213 e. The molecule has 0 aliphatic carbocycles. The molecule has 7 aromatic rings. The summed E-state index contributed by atoms with van der Waals surface area (Å²) in [6.07, 6.45) is 0. The van der Waals surface area contributed by atoms with Crippen molar-refractivity contribution in [3.63, 3.8) is 0 Å². The van der Waals surface area contributed by atoms with E-state index in [-0.39, 0.29) is 0 Å². The van der Waals surface area contributed by atoms with Gasteiger partial charge in [-0.25, -0.2) is 4.98 Å². The molecule has 0 aliphatic rings. The normalized spacial score (nSPS) is 12.1. The number of fused-ring (bicyclic) bond motifs is 9. The number of hydrogen-bond acceptors (Lipinski definition) is 1. The first kappa shape index (κ1) is 14.9. The van der Waals surface area contributed by atoms with Crippen LogP contribution in [-0.2, 0) is 0 Å². The molecule has 0 amide bonds. The number of aromatic amines is 1. The first-order valence-corrected chi connectivity index (χ1v) is 9.76. The van der Waals surface area contributed by atoms with E-state index >= 15 is 0 Å². The predicted molar refractivity (Wildman–Crippen MR) is 119 cm³/mol. The second kappa shape index (κ2) is 5.26. The highest BCUT2D eigenvalue weighted by molar-refractivity contribution is 6.18. The predicted octanol–water partition coefficient (Wildman–Crippen LogP) is 6.07. The van der Waals surface area contributed by atoms with Gasteiger partial charge in [0.1, 0.15) is 5.52 Å². The molecule has 0 aliphatic heterocycles. The maximum atomic E-state index is 5.05. The van der Waals surface area contributed by atoms with Gasteiger partial charge in [0.05, 0.1) is 27.6 Å². The first-order valence-electron chi connectivity index (χ1n) is 9.76. The molecule has 3 heterocycles. The van der Waals surface area contributed by atoms with Gasteiger partial charge in [-0.2, -0.15) is 0 Å². The lowest BCUT2D eigenvalue weighted by molar-refractivity contribution is 1.18. The second-order valence-electron chi connectivity index (χ2n) is 7.43. The van der Waals surface area contributed by atoms with Gasteiger partial charge in [0.2, 0.25) is 5.78 Å². The smallest absolute Gasteiger partial charge is 0.213 e. The van der Waals surface area contributed by atoms with Crippen LogP contribution >= 0.6 is 0 Å². The number of nitrogens with zero attached hydrogens (tertiary/aromatic N) is 3. The fourth-order valence-electron chi connectivity index (χ4n) is 4.66. The molecule has 0 fully saturated rings. The summed E-state index contributed by atoms with van der Waals surface area (Å²) in [5, 5.41) is 2.47. The van der Waals surface area contributed by atoms with Gasteiger partial charge in [-0.3, -0.25) is 4.40 Å². The molecule has 4 aromatic carbocycles. The standard InChI is InChI=1S/C25H16N4/c1-2-8-16(9-3-1)28-20-12-6-4-10-17(20)18-14-15-22-23(24(18)28)27-25-26-19-11-5-7-13-21(19)29(22)25/h1-15H,(H,26,27). The Labute approximate surface area is 165 Å². The average Bonchev–Trinajstić information content (AvgIpc) is 3.41. The van der Waals surface area contributed by atoms with E-state index in [0.29, 0.717) is 0 Å². The largest absolute Gasteiger partial charge is 0.323 e. The molecule has 136 valence electrons. The molecule has 0 saturated carbocycles. The van der Waals surface area contributed by atoms with E-state index < -0.39 is 0 Å². The number of aromatic nitrogens is 4. The first-order chi connectivity index (χ1) is 14.4. The molecular weight excluding hydrogens is 356 g/mol. The Balaban J connectivity index is 1.75. The third kappa shape index (κ3) is 1.85. The third-order valence-corrected chi connectivity index (χ3v) is 5.86. The molecule has 0 saturated heterocycles. The van der Waals surface area contributed by atoms with E-state index in [1.165, 1.54) is 16.3 Å². The Morgan fingerprint density at radius 1 is 0.621 bits per heavy atom. The van der Waals surface area contributed by atoms with E-state index in [4.69, 9.17) is 4.98 Å². The topological polar surface area (TPSA) is 38.0 Å². The van der Waals surface area contributed by atoms with E-state index in [0.717, 1.165) is 39.0 Å². The Hall–Kier alpha value is -4.05. The summed E-state index contributed by atoms with van der Waals surface area (Å²) in [4.78, 5) is 8.52. The second-order valence-corrected chi connectivity index (χ2v) is 7.43. The van der Waals surface area contributed by atoms with Gasteiger partial charge in [-0.15, -0.1) is 0 Å². The number of benzene rings is 4. The highest BCUT2D eigenvalue weighted by atomic mass is 15.1. The van der Waals surface area contributed by atoms with Crippen LogP contribution < -0.4 is 0 Å². The monoisotopic (exact) mass is 372 g/mol. The van der Waals surface area contributed by atoms with Crippen molar-refractivity contribution in [2.75, 3.05) is 0 Å². The lowest BCUT2D eigenvalue weighted by atomic mass is 10.1. The number of para-hydroxylation sites is 4. The molecule has 1 N–H and O–H groups in total. The minimum atomic E-state index is 0.874. The molecule has 0 bridgehead atoms. The van der Waals surface area contributed by atoms with Crippen LogP contribution in [-0.4, -0.2) is 18.9 Å².